The minimum atomic E-state index is 1.01. The molecule has 0 fully saturated rings. The first kappa shape index (κ1) is 14.5. The van der Waals surface area contributed by atoms with Gasteiger partial charge in [0.05, 0.1) is 5.70 Å². The number of rotatable bonds is 1. The Morgan fingerprint density at radius 3 is 2.15 bits per heavy atom. The van der Waals surface area contributed by atoms with Crippen molar-refractivity contribution in [1.82, 2.24) is 4.98 Å². The first-order chi connectivity index (χ1) is 13.3. The van der Waals surface area contributed by atoms with Crippen LogP contribution in [0.25, 0.3) is 44.1 Å². The Morgan fingerprint density at radius 1 is 0.704 bits per heavy atom. The summed E-state index contributed by atoms with van der Waals surface area (Å²) < 4.78 is 0. The van der Waals surface area contributed by atoms with Gasteiger partial charge in [-0.05, 0) is 51.9 Å². The van der Waals surface area contributed by atoms with Crippen molar-refractivity contribution in [3.05, 3.63) is 95.8 Å². The van der Waals surface area contributed by atoms with E-state index in [1.165, 1.54) is 43.4 Å². The molecule has 5 aromatic rings. The molecular weight excluding hydrogens is 328 g/mol. The Morgan fingerprint density at radius 2 is 1.37 bits per heavy atom. The van der Waals surface area contributed by atoms with Gasteiger partial charge in [0.2, 0.25) is 0 Å². The lowest BCUT2D eigenvalue weighted by molar-refractivity contribution is 1.39. The standard InChI is InChI=1S/C25H16N2/c1-3-7-18-11-22-20(9-16(18)5-1)14-26-24(22)13-25-23-12-19-8-4-2-6-17(19)10-21(23)15-27-25/h1-15,26H/b25-13-. The van der Waals surface area contributed by atoms with E-state index < -0.39 is 0 Å². The summed E-state index contributed by atoms with van der Waals surface area (Å²) in [6, 6.07) is 25.9. The third-order valence-electron chi connectivity index (χ3n) is 5.41. The minimum absolute atomic E-state index is 1.01. The summed E-state index contributed by atoms with van der Waals surface area (Å²) in [7, 11) is 0. The number of H-pyrrole nitrogens is 1. The minimum Gasteiger partial charge on any atom is -0.361 e. The molecule has 1 aromatic heterocycles. The molecule has 0 aliphatic carbocycles. The Kier molecular flexibility index (Phi) is 2.91. The van der Waals surface area contributed by atoms with Crippen molar-refractivity contribution >= 4 is 50.3 Å². The van der Waals surface area contributed by atoms with Gasteiger partial charge in [-0.15, -0.1) is 0 Å². The van der Waals surface area contributed by atoms with Gasteiger partial charge in [-0.2, -0.15) is 0 Å². The molecule has 0 unspecified atom stereocenters. The van der Waals surface area contributed by atoms with Gasteiger partial charge in [0.15, 0.2) is 0 Å². The van der Waals surface area contributed by atoms with Crippen LogP contribution in [0.5, 0.6) is 0 Å². The van der Waals surface area contributed by atoms with E-state index in [2.05, 4.69) is 95.0 Å². The van der Waals surface area contributed by atoms with E-state index in [9.17, 15) is 0 Å². The molecular formula is C25H16N2. The topological polar surface area (TPSA) is 28.1 Å². The number of nitrogens with one attached hydrogen (secondary N) is 1. The average Bonchev–Trinajstić information content (AvgIpc) is 3.28. The van der Waals surface area contributed by atoms with Gasteiger partial charge >= 0.3 is 0 Å². The number of hydrogen-bond acceptors (Lipinski definition) is 1. The second-order valence-corrected chi connectivity index (χ2v) is 7.06. The Hall–Kier alpha value is -3.65. The summed E-state index contributed by atoms with van der Waals surface area (Å²) >= 11 is 0. The predicted octanol–water partition coefficient (Wildman–Crippen LogP) is 6.40. The predicted molar refractivity (Wildman–Crippen MR) is 115 cm³/mol. The van der Waals surface area contributed by atoms with E-state index in [-0.39, 0.29) is 0 Å². The highest BCUT2D eigenvalue weighted by Crippen LogP contribution is 2.33. The molecule has 1 aliphatic rings. The first-order valence-corrected chi connectivity index (χ1v) is 9.14. The number of aromatic nitrogens is 1. The third-order valence-corrected chi connectivity index (χ3v) is 5.41. The molecule has 1 N–H and O–H groups in total. The molecule has 0 radical (unpaired) electrons. The lowest BCUT2D eigenvalue weighted by atomic mass is 10.0. The first-order valence-electron chi connectivity index (χ1n) is 9.14. The molecule has 6 rings (SSSR count). The summed E-state index contributed by atoms with van der Waals surface area (Å²) in [6.07, 6.45) is 6.20. The smallest absolute Gasteiger partial charge is 0.0729 e. The number of benzene rings is 4. The number of aromatic amines is 1. The molecule has 0 bridgehead atoms. The van der Waals surface area contributed by atoms with Crippen LogP contribution in [-0.2, 0) is 0 Å². The van der Waals surface area contributed by atoms with Crippen LogP contribution in [-0.4, -0.2) is 11.2 Å². The van der Waals surface area contributed by atoms with Gasteiger partial charge in [-0.3, -0.25) is 4.99 Å². The molecule has 4 aromatic carbocycles. The fraction of sp³-hybridized carbons (Fsp3) is 0. The maximum Gasteiger partial charge on any atom is 0.0729 e. The van der Waals surface area contributed by atoms with Gasteiger partial charge < -0.3 is 4.98 Å². The molecule has 27 heavy (non-hydrogen) atoms. The van der Waals surface area contributed by atoms with Crippen molar-refractivity contribution in [2.75, 3.05) is 0 Å². The third kappa shape index (κ3) is 2.24. The lowest BCUT2D eigenvalue weighted by Gasteiger charge is -2.04. The zero-order chi connectivity index (χ0) is 17.8. The van der Waals surface area contributed by atoms with Crippen molar-refractivity contribution in [1.29, 1.82) is 0 Å². The zero-order valence-corrected chi connectivity index (χ0v) is 14.6. The Labute approximate surface area is 156 Å². The maximum atomic E-state index is 4.69. The highest BCUT2D eigenvalue weighted by Gasteiger charge is 2.14. The molecule has 0 saturated heterocycles. The second-order valence-electron chi connectivity index (χ2n) is 7.06. The monoisotopic (exact) mass is 344 g/mol. The van der Waals surface area contributed by atoms with E-state index in [4.69, 9.17) is 0 Å². The van der Waals surface area contributed by atoms with Crippen molar-refractivity contribution < 1.29 is 0 Å². The van der Waals surface area contributed by atoms with Crippen LogP contribution in [0.15, 0.2) is 84.0 Å². The summed E-state index contributed by atoms with van der Waals surface area (Å²) in [5.74, 6) is 0. The Balaban J connectivity index is 1.54. The van der Waals surface area contributed by atoms with Crippen LogP contribution in [0.3, 0.4) is 0 Å². The Bertz CT molecular complexity index is 1420. The molecule has 2 nitrogen and oxygen atoms in total. The summed E-state index contributed by atoms with van der Waals surface area (Å²) in [6.45, 7) is 0. The molecule has 0 atom stereocenters. The van der Waals surface area contributed by atoms with Gasteiger partial charge in [0.25, 0.3) is 0 Å². The normalized spacial score (nSPS) is 14.6. The number of nitrogens with zero attached hydrogens (tertiary/aromatic N) is 1. The molecule has 126 valence electrons. The van der Waals surface area contributed by atoms with Crippen molar-refractivity contribution in [3.63, 3.8) is 0 Å². The van der Waals surface area contributed by atoms with Crippen molar-refractivity contribution in [2.45, 2.75) is 0 Å². The fourth-order valence-electron chi connectivity index (χ4n) is 4.01. The maximum absolute atomic E-state index is 4.69. The van der Waals surface area contributed by atoms with Crippen molar-refractivity contribution in [3.8, 4) is 0 Å². The van der Waals surface area contributed by atoms with Crippen LogP contribution in [0.1, 0.15) is 16.8 Å². The molecule has 0 amide bonds. The lowest BCUT2D eigenvalue weighted by Crippen LogP contribution is -1.85. The molecule has 0 spiro atoms. The van der Waals surface area contributed by atoms with Gasteiger partial charge in [0.1, 0.15) is 0 Å². The zero-order valence-electron chi connectivity index (χ0n) is 14.6. The van der Waals surface area contributed by atoms with Crippen LogP contribution >= 0.6 is 0 Å². The SMILES string of the molecule is C1=N/C(=C\c2[nH]cc3cc4ccccc4cc23)c2cc3ccccc3cc21. The van der Waals surface area contributed by atoms with Crippen LogP contribution in [0.2, 0.25) is 0 Å². The van der Waals surface area contributed by atoms with E-state index in [0.717, 1.165) is 11.4 Å². The van der Waals surface area contributed by atoms with Crippen LogP contribution in [0, 0.1) is 0 Å². The largest absolute Gasteiger partial charge is 0.361 e. The number of fused-ring (bicyclic) bond motifs is 4. The summed E-state index contributed by atoms with van der Waals surface area (Å²) in [4.78, 5) is 8.12. The number of aliphatic imine (C=N–C) groups is 1. The van der Waals surface area contributed by atoms with Gasteiger partial charge in [0, 0.05) is 40.0 Å². The second kappa shape index (κ2) is 5.42. The average molecular weight is 344 g/mol. The quantitative estimate of drug-likeness (QED) is 0.364. The molecule has 2 heterocycles. The summed E-state index contributed by atoms with van der Waals surface area (Å²) in [5.41, 5.74) is 4.48. The van der Waals surface area contributed by atoms with E-state index >= 15 is 0 Å². The van der Waals surface area contributed by atoms with Gasteiger partial charge in [-0.1, -0.05) is 48.5 Å². The van der Waals surface area contributed by atoms with Crippen molar-refractivity contribution in [2.24, 2.45) is 4.99 Å². The fourth-order valence-corrected chi connectivity index (χ4v) is 4.01. The highest BCUT2D eigenvalue weighted by atomic mass is 14.8. The molecule has 2 heteroatoms. The van der Waals surface area contributed by atoms with Gasteiger partial charge in [-0.25, -0.2) is 0 Å². The number of hydrogen-bond donors (Lipinski definition) is 1. The van der Waals surface area contributed by atoms with E-state index in [1.807, 2.05) is 6.21 Å². The molecule has 1 aliphatic heterocycles. The summed E-state index contributed by atoms with van der Waals surface area (Å²) in [5, 5.41) is 7.46. The van der Waals surface area contributed by atoms with Crippen LogP contribution in [0.4, 0.5) is 0 Å². The van der Waals surface area contributed by atoms with Crippen LogP contribution < -0.4 is 0 Å². The van der Waals surface area contributed by atoms with E-state index in [1.54, 1.807) is 0 Å². The highest BCUT2D eigenvalue weighted by molar-refractivity contribution is 6.08. The molecule has 0 saturated carbocycles. The van der Waals surface area contributed by atoms with E-state index in [0.29, 0.717) is 0 Å².